The van der Waals surface area contributed by atoms with Gasteiger partial charge in [-0.2, -0.15) is 10.2 Å². The molecule has 6 nitrogen and oxygen atoms in total. The second kappa shape index (κ2) is 7.12. The fourth-order valence-corrected chi connectivity index (χ4v) is 2.56. The highest BCUT2D eigenvalue weighted by Crippen LogP contribution is 2.09. The lowest BCUT2D eigenvalue weighted by molar-refractivity contribution is -0.116. The third-order valence-electron chi connectivity index (χ3n) is 3.81. The van der Waals surface area contributed by atoms with Crippen LogP contribution in [0.2, 0.25) is 0 Å². The van der Waals surface area contributed by atoms with Gasteiger partial charge in [0.05, 0.1) is 6.54 Å². The molecule has 0 aliphatic carbocycles. The Morgan fingerprint density at radius 3 is 2.83 bits per heavy atom. The van der Waals surface area contributed by atoms with Crippen molar-refractivity contribution in [3.05, 3.63) is 65.6 Å². The fraction of sp³-hybridized carbons (Fsp3) is 0.278. The molecule has 0 saturated heterocycles. The number of benzene rings is 1. The molecule has 0 bridgehead atoms. The summed E-state index contributed by atoms with van der Waals surface area (Å²) in [6.07, 6.45) is 3.98. The fourth-order valence-electron chi connectivity index (χ4n) is 2.56. The van der Waals surface area contributed by atoms with E-state index in [4.69, 9.17) is 0 Å². The SMILES string of the molecule is Cc1cccc(Cn2ccc(NC(=O)CCn3nccc3C)n2)c1. The monoisotopic (exact) mass is 323 g/mol. The van der Waals surface area contributed by atoms with Gasteiger partial charge in [-0.05, 0) is 25.5 Å². The molecular formula is C18H21N5O. The highest BCUT2D eigenvalue weighted by Gasteiger charge is 2.07. The van der Waals surface area contributed by atoms with Crippen molar-refractivity contribution in [1.29, 1.82) is 0 Å². The molecule has 0 spiro atoms. The molecule has 0 radical (unpaired) electrons. The zero-order valence-corrected chi connectivity index (χ0v) is 13.9. The first-order valence-corrected chi connectivity index (χ1v) is 7.97. The summed E-state index contributed by atoms with van der Waals surface area (Å²) in [6, 6.07) is 12.0. The molecule has 1 aromatic carbocycles. The summed E-state index contributed by atoms with van der Waals surface area (Å²) >= 11 is 0. The van der Waals surface area contributed by atoms with E-state index in [-0.39, 0.29) is 5.91 Å². The van der Waals surface area contributed by atoms with E-state index in [0.717, 1.165) is 5.69 Å². The average Bonchev–Trinajstić information content (AvgIpc) is 3.14. The van der Waals surface area contributed by atoms with Crippen LogP contribution >= 0.6 is 0 Å². The number of hydrogen-bond acceptors (Lipinski definition) is 3. The van der Waals surface area contributed by atoms with Crippen molar-refractivity contribution in [2.24, 2.45) is 0 Å². The maximum atomic E-state index is 12.0. The number of nitrogens with one attached hydrogen (secondary N) is 1. The zero-order chi connectivity index (χ0) is 16.9. The average molecular weight is 323 g/mol. The molecule has 0 saturated carbocycles. The molecule has 2 aromatic heterocycles. The van der Waals surface area contributed by atoms with Gasteiger partial charge in [0.2, 0.25) is 5.91 Å². The van der Waals surface area contributed by atoms with E-state index in [1.165, 1.54) is 11.1 Å². The predicted octanol–water partition coefficient (Wildman–Crippen LogP) is 2.77. The van der Waals surface area contributed by atoms with Crippen molar-refractivity contribution < 1.29 is 4.79 Å². The van der Waals surface area contributed by atoms with Gasteiger partial charge < -0.3 is 5.32 Å². The number of anilines is 1. The Kier molecular flexibility index (Phi) is 4.74. The second-order valence-corrected chi connectivity index (χ2v) is 5.88. The second-order valence-electron chi connectivity index (χ2n) is 5.88. The van der Waals surface area contributed by atoms with E-state index in [9.17, 15) is 4.79 Å². The molecule has 1 N–H and O–H groups in total. The molecule has 0 atom stereocenters. The number of aromatic nitrogens is 4. The number of carbonyl (C=O) groups is 1. The standard InChI is InChI=1S/C18H21N5O/c1-14-4-3-5-16(12-14)13-22-10-7-17(21-22)20-18(24)8-11-23-15(2)6-9-19-23/h3-7,9-10,12H,8,11,13H2,1-2H3,(H,20,21,24). The van der Waals surface area contributed by atoms with Crippen LogP contribution < -0.4 is 5.32 Å². The van der Waals surface area contributed by atoms with Crippen molar-refractivity contribution in [1.82, 2.24) is 19.6 Å². The molecule has 2 heterocycles. The molecule has 24 heavy (non-hydrogen) atoms. The third-order valence-corrected chi connectivity index (χ3v) is 3.81. The Morgan fingerprint density at radius 1 is 1.21 bits per heavy atom. The van der Waals surface area contributed by atoms with Gasteiger partial charge in [0.1, 0.15) is 0 Å². The lowest BCUT2D eigenvalue weighted by atomic mass is 10.1. The molecular weight excluding hydrogens is 302 g/mol. The Hall–Kier alpha value is -2.89. The van der Waals surface area contributed by atoms with E-state index in [1.807, 2.05) is 40.7 Å². The van der Waals surface area contributed by atoms with Crippen LogP contribution in [0.15, 0.2) is 48.8 Å². The molecule has 1 amide bonds. The summed E-state index contributed by atoms with van der Waals surface area (Å²) in [5.41, 5.74) is 3.46. The predicted molar refractivity (Wildman–Crippen MR) is 92.7 cm³/mol. The molecule has 124 valence electrons. The molecule has 0 aliphatic rings. The molecule has 3 aromatic rings. The van der Waals surface area contributed by atoms with Crippen LogP contribution in [0.3, 0.4) is 0 Å². The topological polar surface area (TPSA) is 64.7 Å². The van der Waals surface area contributed by atoms with E-state index in [2.05, 4.69) is 40.6 Å². The number of rotatable bonds is 6. The maximum absolute atomic E-state index is 12.0. The highest BCUT2D eigenvalue weighted by atomic mass is 16.1. The minimum atomic E-state index is -0.0642. The van der Waals surface area contributed by atoms with Crippen LogP contribution in [0.25, 0.3) is 0 Å². The van der Waals surface area contributed by atoms with Crippen LogP contribution in [0, 0.1) is 13.8 Å². The lowest BCUT2D eigenvalue weighted by Gasteiger charge is -2.05. The first-order chi connectivity index (χ1) is 11.6. The van der Waals surface area contributed by atoms with Gasteiger partial charge in [-0.15, -0.1) is 0 Å². The summed E-state index contributed by atoms with van der Waals surface area (Å²) in [6.45, 7) is 5.29. The Morgan fingerprint density at radius 2 is 2.08 bits per heavy atom. The van der Waals surface area contributed by atoms with Crippen LogP contribution in [0.5, 0.6) is 0 Å². The van der Waals surface area contributed by atoms with Gasteiger partial charge in [0, 0.05) is 37.1 Å². The lowest BCUT2D eigenvalue weighted by Crippen LogP contribution is -2.16. The van der Waals surface area contributed by atoms with Crippen LogP contribution in [-0.2, 0) is 17.9 Å². The van der Waals surface area contributed by atoms with Gasteiger partial charge in [-0.25, -0.2) is 0 Å². The van der Waals surface area contributed by atoms with Gasteiger partial charge in [-0.3, -0.25) is 14.2 Å². The van der Waals surface area contributed by atoms with Crippen molar-refractivity contribution in [3.63, 3.8) is 0 Å². The molecule has 3 rings (SSSR count). The first-order valence-electron chi connectivity index (χ1n) is 7.97. The van der Waals surface area contributed by atoms with Crippen molar-refractivity contribution in [2.75, 3.05) is 5.32 Å². The van der Waals surface area contributed by atoms with Crippen molar-refractivity contribution >= 4 is 11.7 Å². The highest BCUT2D eigenvalue weighted by molar-refractivity contribution is 5.89. The summed E-state index contributed by atoms with van der Waals surface area (Å²) in [5.74, 6) is 0.510. The van der Waals surface area contributed by atoms with Gasteiger partial charge >= 0.3 is 0 Å². The smallest absolute Gasteiger partial charge is 0.227 e. The number of hydrogen-bond donors (Lipinski definition) is 1. The molecule has 6 heteroatoms. The summed E-state index contributed by atoms with van der Waals surface area (Å²) < 4.78 is 3.64. The van der Waals surface area contributed by atoms with E-state index >= 15 is 0 Å². The first kappa shape index (κ1) is 16.0. The molecule has 0 aliphatic heterocycles. The molecule has 0 unspecified atom stereocenters. The summed E-state index contributed by atoms with van der Waals surface area (Å²) in [4.78, 5) is 12.0. The van der Waals surface area contributed by atoms with Crippen LogP contribution in [-0.4, -0.2) is 25.5 Å². The maximum Gasteiger partial charge on any atom is 0.227 e. The normalized spacial score (nSPS) is 10.8. The van der Waals surface area contributed by atoms with E-state index < -0.39 is 0 Å². The number of aryl methyl sites for hydroxylation is 3. The van der Waals surface area contributed by atoms with Crippen LogP contribution in [0.4, 0.5) is 5.82 Å². The minimum Gasteiger partial charge on any atom is -0.309 e. The summed E-state index contributed by atoms with van der Waals surface area (Å²) in [7, 11) is 0. The van der Waals surface area contributed by atoms with Crippen molar-refractivity contribution in [2.45, 2.75) is 33.4 Å². The Bertz CT molecular complexity index is 833. The van der Waals surface area contributed by atoms with E-state index in [0.29, 0.717) is 25.3 Å². The van der Waals surface area contributed by atoms with Crippen LogP contribution in [0.1, 0.15) is 23.2 Å². The largest absolute Gasteiger partial charge is 0.309 e. The molecule has 0 fully saturated rings. The number of carbonyl (C=O) groups excluding carboxylic acids is 1. The van der Waals surface area contributed by atoms with Gasteiger partial charge in [0.15, 0.2) is 5.82 Å². The summed E-state index contributed by atoms with van der Waals surface area (Å²) in [5, 5.41) is 11.4. The Labute approximate surface area is 141 Å². The number of amides is 1. The minimum absolute atomic E-state index is 0.0642. The number of nitrogens with zero attached hydrogens (tertiary/aromatic N) is 4. The van der Waals surface area contributed by atoms with E-state index in [1.54, 1.807) is 6.20 Å². The van der Waals surface area contributed by atoms with Gasteiger partial charge in [-0.1, -0.05) is 29.8 Å². The third kappa shape index (κ3) is 4.10. The Balaban J connectivity index is 1.53. The zero-order valence-electron chi connectivity index (χ0n) is 13.9. The quantitative estimate of drug-likeness (QED) is 0.758. The van der Waals surface area contributed by atoms with Crippen molar-refractivity contribution in [3.8, 4) is 0 Å². The van der Waals surface area contributed by atoms with Gasteiger partial charge in [0.25, 0.3) is 0 Å².